The van der Waals surface area contributed by atoms with Crippen LogP contribution >= 0.6 is 0 Å². The third-order valence-corrected chi connectivity index (χ3v) is 0.808. The van der Waals surface area contributed by atoms with Crippen molar-refractivity contribution < 1.29 is 9.50 Å². The van der Waals surface area contributed by atoms with Crippen LogP contribution in [-0.4, -0.2) is 5.11 Å². The van der Waals surface area contributed by atoms with Gasteiger partial charge in [-0.1, -0.05) is 6.07 Å². The average molecular weight is 111 g/mol. The van der Waals surface area contributed by atoms with Crippen LogP contribution in [0.1, 0.15) is 0 Å². The lowest BCUT2D eigenvalue weighted by Gasteiger charge is -1.86. The van der Waals surface area contributed by atoms with Gasteiger partial charge in [0.25, 0.3) is 0 Å². The minimum atomic E-state index is -0.412. The molecular weight excluding hydrogens is 106 g/mol. The standard InChI is InChI=1S/C6H5FO/c7-5-2-1-3-6(8)4-5/h1-4,8H/i7-1. The van der Waals surface area contributed by atoms with Crippen molar-refractivity contribution in [1.29, 1.82) is 0 Å². The predicted molar refractivity (Wildman–Crippen MR) is 28.1 cm³/mol. The lowest BCUT2D eigenvalue weighted by atomic mass is 10.3. The topological polar surface area (TPSA) is 20.2 Å². The van der Waals surface area contributed by atoms with Crippen LogP contribution in [0.5, 0.6) is 5.75 Å². The third kappa shape index (κ3) is 0.964. The molecule has 0 fully saturated rings. The fourth-order valence-corrected chi connectivity index (χ4v) is 0.476. The van der Waals surface area contributed by atoms with Gasteiger partial charge < -0.3 is 5.11 Å². The maximum absolute atomic E-state index is 12.0. The molecule has 0 radical (unpaired) electrons. The molecule has 1 rings (SSSR count). The van der Waals surface area contributed by atoms with Crippen LogP contribution in [0.3, 0.4) is 0 Å². The van der Waals surface area contributed by atoms with Crippen molar-refractivity contribution in [2.24, 2.45) is 0 Å². The molecule has 0 bridgehead atoms. The first kappa shape index (κ1) is 5.09. The highest BCUT2D eigenvalue weighted by molar-refractivity contribution is 5.20. The second-order valence-corrected chi connectivity index (χ2v) is 1.48. The minimum Gasteiger partial charge on any atom is -0.508 e. The quantitative estimate of drug-likeness (QED) is 0.538. The number of phenolic OH excluding ortho intramolecular Hbond substituents is 1. The van der Waals surface area contributed by atoms with Crippen molar-refractivity contribution in [2.45, 2.75) is 0 Å². The van der Waals surface area contributed by atoms with E-state index in [4.69, 9.17) is 5.11 Å². The maximum atomic E-state index is 12.0. The van der Waals surface area contributed by atoms with Gasteiger partial charge in [0.2, 0.25) is 0 Å². The summed E-state index contributed by atoms with van der Waals surface area (Å²) >= 11 is 0. The summed E-state index contributed by atoms with van der Waals surface area (Å²) in [6, 6.07) is 5.20. The first-order valence-corrected chi connectivity index (χ1v) is 2.23. The monoisotopic (exact) mass is 111 g/mol. The molecular formula is C6H5FO. The lowest BCUT2D eigenvalue weighted by Crippen LogP contribution is -1.68. The fraction of sp³-hybridized carbons (Fsp3) is 0. The maximum Gasteiger partial charge on any atom is 0.126 e. The molecule has 2 heteroatoms. The van der Waals surface area contributed by atoms with Crippen LogP contribution < -0.4 is 0 Å². The van der Waals surface area contributed by atoms with E-state index in [0.717, 1.165) is 6.07 Å². The second kappa shape index (κ2) is 1.82. The summed E-state index contributed by atoms with van der Waals surface area (Å²) in [6.07, 6.45) is 0. The van der Waals surface area contributed by atoms with E-state index in [-0.39, 0.29) is 5.75 Å². The number of aromatic hydroxyl groups is 1. The smallest absolute Gasteiger partial charge is 0.126 e. The molecule has 8 heavy (non-hydrogen) atoms. The molecule has 1 N–H and O–H groups in total. The van der Waals surface area contributed by atoms with Crippen molar-refractivity contribution in [3.8, 4) is 5.75 Å². The van der Waals surface area contributed by atoms with E-state index in [0.29, 0.717) is 0 Å². The zero-order chi connectivity index (χ0) is 5.98. The Kier molecular flexibility index (Phi) is 1.16. The molecule has 0 aliphatic rings. The Labute approximate surface area is 46.4 Å². The van der Waals surface area contributed by atoms with E-state index < -0.39 is 5.82 Å². The van der Waals surface area contributed by atoms with E-state index in [1.807, 2.05) is 0 Å². The highest BCUT2D eigenvalue weighted by atomic mass is 18.2. The van der Waals surface area contributed by atoms with E-state index in [1.165, 1.54) is 18.2 Å². The Morgan fingerprint density at radius 2 is 2.12 bits per heavy atom. The van der Waals surface area contributed by atoms with Crippen LogP contribution in [0, 0.1) is 5.82 Å². The van der Waals surface area contributed by atoms with Gasteiger partial charge in [-0.05, 0) is 12.1 Å². The summed E-state index contributed by atoms with van der Waals surface area (Å²) < 4.78 is 12.0. The summed E-state index contributed by atoms with van der Waals surface area (Å²) in [5.41, 5.74) is 0. The molecule has 0 heterocycles. The van der Waals surface area contributed by atoms with Crippen molar-refractivity contribution in [3.63, 3.8) is 0 Å². The van der Waals surface area contributed by atoms with Gasteiger partial charge in [0, 0.05) is 6.07 Å². The molecule has 0 aromatic heterocycles. The molecule has 0 atom stereocenters. The molecule has 0 spiro atoms. The Bertz CT molecular complexity index is 168. The summed E-state index contributed by atoms with van der Waals surface area (Å²) in [5, 5.41) is 8.57. The zero-order valence-corrected chi connectivity index (χ0v) is 4.13. The molecule has 1 aromatic rings. The Balaban J connectivity index is 3.08. The number of benzene rings is 1. The molecule has 42 valence electrons. The average Bonchev–Trinajstić information content (AvgIpc) is 1.64. The molecule has 0 amide bonds. The largest absolute Gasteiger partial charge is 0.508 e. The van der Waals surface area contributed by atoms with Crippen LogP contribution in [0.4, 0.5) is 4.39 Å². The van der Waals surface area contributed by atoms with Gasteiger partial charge in [-0.25, -0.2) is 4.39 Å². The third-order valence-electron chi connectivity index (χ3n) is 0.808. The van der Waals surface area contributed by atoms with Gasteiger partial charge >= 0.3 is 0 Å². The molecule has 1 aromatic carbocycles. The normalized spacial score (nSPS) is 9.12. The van der Waals surface area contributed by atoms with Gasteiger partial charge in [0.1, 0.15) is 11.6 Å². The molecule has 1 nitrogen and oxygen atoms in total. The number of hydrogen-bond acceptors (Lipinski definition) is 1. The SMILES string of the molecule is Oc1cccc([18F])c1. The first-order valence-electron chi connectivity index (χ1n) is 2.23. The minimum absolute atomic E-state index is 0.0370. The van der Waals surface area contributed by atoms with Crippen molar-refractivity contribution >= 4 is 0 Å². The van der Waals surface area contributed by atoms with Crippen LogP contribution in [0.25, 0.3) is 0 Å². The highest BCUT2D eigenvalue weighted by Crippen LogP contribution is 2.07. The second-order valence-electron chi connectivity index (χ2n) is 1.48. The van der Waals surface area contributed by atoms with E-state index >= 15 is 0 Å². The number of hydrogen-bond donors (Lipinski definition) is 1. The fourth-order valence-electron chi connectivity index (χ4n) is 0.476. The van der Waals surface area contributed by atoms with E-state index in [9.17, 15) is 4.39 Å². The molecule has 0 saturated carbocycles. The van der Waals surface area contributed by atoms with Gasteiger partial charge in [0.15, 0.2) is 0 Å². The summed E-state index contributed by atoms with van der Waals surface area (Å²) in [6.45, 7) is 0. The first-order chi connectivity index (χ1) is 3.79. The number of phenols is 1. The van der Waals surface area contributed by atoms with Crippen molar-refractivity contribution in [3.05, 3.63) is 30.1 Å². The summed E-state index contributed by atoms with van der Waals surface area (Å²) in [5.74, 6) is -0.449. The van der Waals surface area contributed by atoms with Gasteiger partial charge in [0.05, 0.1) is 0 Å². The number of halogens is 1. The van der Waals surface area contributed by atoms with Gasteiger partial charge in [-0.15, -0.1) is 0 Å². The van der Waals surface area contributed by atoms with Crippen LogP contribution in [0.2, 0.25) is 0 Å². The lowest BCUT2D eigenvalue weighted by molar-refractivity contribution is 0.469. The van der Waals surface area contributed by atoms with Gasteiger partial charge in [-0.3, -0.25) is 0 Å². The Morgan fingerprint density at radius 3 is 2.50 bits per heavy atom. The van der Waals surface area contributed by atoms with E-state index in [2.05, 4.69) is 0 Å². The van der Waals surface area contributed by atoms with Gasteiger partial charge in [-0.2, -0.15) is 0 Å². The molecule has 0 aliphatic carbocycles. The van der Waals surface area contributed by atoms with E-state index in [1.54, 1.807) is 0 Å². The molecule has 0 saturated heterocycles. The zero-order valence-electron chi connectivity index (χ0n) is 4.13. The molecule has 0 unspecified atom stereocenters. The Hall–Kier alpha value is -1.05. The summed E-state index contributed by atoms with van der Waals surface area (Å²) in [7, 11) is 0. The van der Waals surface area contributed by atoms with Crippen LogP contribution in [-0.2, 0) is 0 Å². The Morgan fingerprint density at radius 1 is 1.38 bits per heavy atom. The highest BCUT2D eigenvalue weighted by Gasteiger charge is 1.86. The number of rotatable bonds is 0. The van der Waals surface area contributed by atoms with Crippen molar-refractivity contribution in [1.82, 2.24) is 0 Å². The summed E-state index contributed by atoms with van der Waals surface area (Å²) in [4.78, 5) is 0. The molecule has 0 aliphatic heterocycles. The predicted octanol–water partition coefficient (Wildman–Crippen LogP) is 1.53. The van der Waals surface area contributed by atoms with Crippen molar-refractivity contribution in [2.75, 3.05) is 0 Å². The van der Waals surface area contributed by atoms with Crippen LogP contribution in [0.15, 0.2) is 24.3 Å².